The molecule has 0 aliphatic carbocycles. The number of halogens is 4. The summed E-state index contributed by atoms with van der Waals surface area (Å²) in [6.07, 6.45) is 2.22. The number of hydrogen-bond donors (Lipinski definition) is 2. The van der Waals surface area contributed by atoms with Crippen molar-refractivity contribution in [3.8, 4) is 0 Å². The first-order chi connectivity index (χ1) is 9.52. The van der Waals surface area contributed by atoms with Gasteiger partial charge in [-0.1, -0.05) is 12.1 Å². The standard InChI is InChI=1S/C13H11Br3FN3/c14-8-5-9(15)13(19-6-8)11(20-18)4-7-2-1-3-10(17)12(7)16/h1-3,5-6,11,20H,4,18H2. The van der Waals surface area contributed by atoms with Crippen molar-refractivity contribution in [3.05, 3.63) is 61.0 Å². The maximum Gasteiger partial charge on any atom is 0.137 e. The van der Waals surface area contributed by atoms with Crippen LogP contribution in [0.5, 0.6) is 0 Å². The molecule has 1 unspecified atom stereocenters. The Kier molecular flexibility index (Phi) is 5.68. The minimum absolute atomic E-state index is 0.226. The molecule has 2 aromatic rings. The van der Waals surface area contributed by atoms with Crippen molar-refractivity contribution in [1.82, 2.24) is 10.4 Å². The molecule has 0 saturated heterocycles. The van der Waals surface area contributed by atoms with Crippen molar-refractivity contribution in [2.24, 2.45) is 5.84 Å². The Hall–Kier alpha value is -0.340. The molecule has 20 heavy (non-hydrogen) atoms. The van der Waals surface area contributed by atoms with Crippen LogP contribution in [-0.4, -0.2) is 4.98 Å². The van der Waals surface area contributed by atoms with Crippen molar-refractivity contribution in [1.29, 1.82) is 0 Å². The second kappa shape index (κ2) is 7.09. The van der Waals surface area contributed by atoms with E-state index in [-0.39, 0.29) is 11.9 Å². The Morgan fingerprint density at radius 3 is 2.70 bits per heavy atom. The van der Waals surface area contributed by atoms with E-state index in [0.717, 1.165) is 20.2 Å². The third-order valence-corrected chi connectivity index (χ3v) is 4.78. The lowest BCUT2D eigenvalue weighted by Crippen LogP contribution is -2.30. The summed E-state index contributed by atoms with van der Waals surface area (Å²) < 4.78 is 15.7. The van der Waals surface area contributed by atoms with Gasteiger partial charge in [-0.05, 0) is 71.9 Å². The number of hydrogen-bond acceptors (Lipinski definition) is 3. The molecule has 3 N–H and O–H groups in total. The molecule has 2 rings (SSSR count). The van der Waals surface area contributed by atoms with Crippen LogP contribution in [0.4, 0.5) is 4.39 Å². The largest absolute Gasteiger partial charge is 0.271 e. The van der Waals surface area contributed by atoms with Crippen LogP contribution in [0.3, 0.4) is 0 Å². The molecule has 7 heteroatoms. The summed E-state index contributed by atoms with van der Waals surface area (Å²) in [5, 5.41) is 0. The fourth-order valence-electron chi connectivity index (χ4n) is 1.84. The van der Waals surface area contributed by atoms with Gasteiger partial charge in [0.1, 0.15) is 5.82 Å². The molecule has 0 spiro atoms. The summed E-state index contributed by atoms with van der Waals surface area (Å²) in [6, 6.07) is 6.60. The SMILES string of the molecule is NNC(Cc1cccc(F)c1Br)c1ncc(Br)cc1Br. The van der Waals surface area contributed by atoms with E-state index in [2.05, 4.69) is 58.2 Å². The number of aromatic nitrogens is 1. The fraction of sp³-hybridized carbons (Fsp3) is 0.154. The second-order valence-corrected chi connectivity index (χ2v) is 6.72. The van der Waals surface area contributed by atoms with Crippen molar-refractivity contribution in [2.45, 2.75) is 12.5 Å². The van der Waals surface area contributed by atoms with Crippen molar-refractivity contribution in [3.63, 3.8) is 0 Å². The van der Waals surface area contributed by atoms with Crippen LogP contribution in [0.2, 0.25) is 0 Å². The van der Waals surface area contributed by atoms with Gasteiger partial charge in [-0.15, -0.1) is 0 Å². The normalized spacial score (nSPS) is 12.4. The highest BCUT2D eigenvalue weighted by Gasteiger charge is 2.18. The summed E-state index contributed by atoms with van der Waals surface area (Å²) in [5.41, 5.74) is 4.32. The smallest absolute Gasteiger partial charge is 0.137 e. The molecule has 0 radical (unpaired) electrons. The zero-order chi connectivity index (χ0) is 14.7. The van der Waals surface area contributed by atoms with Gasteiger partial charge >= 0.3 is 0 Å². The first-order valence-electron chi connectivity index (χ1n) is 5.73. The van der Waals surface area contributed by atoms with Gasteiger partial charge in [0.25, 0.3) is 0 Å². The van der Waals surface area contributed by atoms with E-state index >= 15 is 0 Å². The molecule has 0 saturated carbocycles. The first kappa shape index (κ1) is 16.0. The van der Waals surface area contributed by atoms with Crippen LogP contribution >= 0.6 is 47.8 Å². The van der Waals surface area contributed by atoms with E-state index in [0.29, 0.717) is 10.9 Å². The van der Waals surface area contributed by atoms with Gasteiger partial charge in [-0.25, -0.2) is 4.39 Å². The average molecular weight is 468 g/mol. The topological polar surface area (TPSA) is 50.9 Å². The van der Waals surface area contributed by atoms with Gasteiger partial charge in [0.2, 0.25) is 0 Å². The lowest BCUT2D eigenvalue weighted by atomic mass is 10.0. The molecule has 0 fully saturated rings. The van der Waals surface area contributed by atoms with E-state index in [1.54, 1.807) is 12.3 Å². The van der Waals surface area contributed by atoms with Crippen LogP contribution in [0.1, 0.15) is 17.3 Å². The molecular formula is C13H11Br3FN3. The lowest BCUT2D eigenvalue weighted by molar-refractivity contribution is 0.531. The molecule has 106 valence electrons. The van der Waals surface area contributed by atoms with Crippen LogP contribution in [0, 0.1) is 5.82 Å². The van der Waals surface area contributed by atoms with Crippen LogP contribution in [-0.2, 0) is 6.42 Å². The Balaban J connectivity index is 2.31. The molecule has 1 atom stereocenters. The van der Waals surface area contributed by atoms with E-state index in [1.807, 2.05) is 12.1 Å². The Labute approximate surface area is 141 Å². The van der Waals surface area contributed by atoms with Crippen molar-refractivity contribution in [2.75, 3.05) is 0 Å². The number of nitrogens with two attached hydrogens (primary N) is 1. The molecule has 3 nitrogen and oxygen atoms in total. The summed E-state index contributed by atoms with van der Waals surface area (Å²) in [6.45, 7) is 0. The van der Waals surface area contributed by atoms with E-state index < -0.39 is 0 Å². The summed E-state index contributed by atoms with van der Waals surface area (Å²) in [7, 11) is 0. The monoisotopic (exact) mass is 465 g/mol. The number of nitrogens with zero attached hydrogens (tertiary/aromatic N) is 1. The lowest BCUT2D eigenvalue weighted by Gasteiger charge is -2.18. The van der Waals surface area contributed by atoms with Gasteiger partial charge in [0, 0.05) is 15.1 Å². The number of hydrazine groups is 1. The first-order valence-corrected chi connectivity index (χ1v) is 8.10. The number of rotatable bonds is 4. The fourth-order valence-corrected chi connectivity index (χ4v) is 3.53. The third kappa shape index (κ3) is 3.65. The molecule has 0 aliphatic heterocycles. The Morgan fingerprint density at radius 1 is 1.30 bits per heavy atom. The van der Waals surface area contributed by atoms with Gasteiger partial charge < -0.3 is 0 Å². The average Bonchev–Trinajstić information content (AvgIpc) is 2.41. The number of benzene rings is 1. The van der Waals surface area contributed by atoms with Gasteiger partial charge in [0.05, 0.1) is 16.2 Å². The number of pyridine rings is 1. The predicted molar refractivity (Wildman–Crippen MR) is 87.5 cm³/mol. The molecule has 1 aromatic carbocycles. The zero-order valence-corrected chi connectivity index (χ0v) is 15.0. The van der Waals surface area contributed by atoms with E-state index in [1.165, 1.54) is 6.07 Å². The molecule has 1 aromatic heterocycles. The predicted octanol–water partition coefficient (Wildman–Crippen LogP) is 4.26. The third-order valence-electron chi connectivity index (χ3n) is 2.82. The van der Waals surface area contributed by atoms with Crippen LogP contribution in [0.15, 0.2) is 43.9 Å². The highest BCUT2D eigenvalue weighted by atomic mass is 79.9. The van der Waals surface area contributed by atoms with E-state index in [9.17, 15) is 4.39 Å². The molecule has 0 aliphatic rings. The van der Waals surface area contributed by atoms with E-state index in [4.69, 9.17) is 5.84 Å². The van der Waals surface area contributed by atoms with Gasteiger partial charge in [-0.2, -0.15) is 0 Å². The zero-order valence-electron chi connectivity index (χ0n) is 10.2. The van der Waals surface area contributed by atoms with Gasteiger partial charge in [0.15, 0.2) is 0 Å². The minimum Gasteiger partial charge on any atom is -0.271 e. The van der Waals surface area contributed by atoms with Crippen LogP contribution < -0.4 is 11.3 Å². The summed E-state index contributed by atoms with van der Waals surface area (Å²) >= 11 is 10.1. The highest BCUT2D eigenvalue weighted by molar-refractivity contribution is 9.11. The Bertz CT molecular complexity index is 622. The maximum absolute atomic E-state index is 13.5. The van der Waals surface area contributed by atoms with Crippen LogP contribution in [0.25, 0.3) is 0 Å². The second-order valence-electron chi connectivity index (χ2n) is 4.16. The minimum atomic E-state index is -0.291. The Morgan fingerprint density at radius 2 is 2.05 bits per heavy atom. The molecule has 1 heterocycles. The van der Waals surface area contributed by atoms with Crippen molar-refractivity contribution < 1.29 is 4.39 Å². The van der Waals surface area contributed by atoms with Gasteiger partial charge in [-0.3, -0.25) is 16.3 Å². The summed E-state index contributed by atoms with van der Waals surface area (Å²) in [5.74, 6) is 5.33. The highest BCUT2D eigenvalue weighted by Crippen LogP contribution is 2.29. The molecule has 0 bridgehead atoms. The molecule has 0 amide bonds. The van der Waals surface area contributed by atoms with Crippen molar-refractivity contribution >= 4 is 47.8 Å². The molecular weight excluding hydrogens is 457 g/mol. The number of nitrogens with one attached hydrogen (secondary N) is 1. The quantitative estimate of drug-likeness (QED) is 0.522. The maximum atomic E-state index is 13.5. The summed E-state index contributed by atoms with van der Waals surface area (Å²) in [4.78, 5) is 4.35.